The van der Waals surface area contributed by atoms with E-state index in [1.54, 1.807) is 0 Å². The van der Waals surface area contributed by atoms with Crippen LogP contribution in [0.5, 0.6) is 0 Å². The van der Waals surface area contributed by atoms with Gasteiger partial charge in [-0.1, -0.05) is 0 Å². The highest BCUT2D eigenvalue weighted by atomic mass is 19.2. The normalized spacial score (nSPS) is 21.2. The van der Waals surface area contributed by atoms with Crippen LogP contribution in [-0.4, -0.2) is 21.2 Å². The predicted molar refractivity (Wildman–Crippen MR) is 90.0 cm³/mol. The third-order valence-corrected chi connectivity index (χ3v) is 5.11. The molecule has 2 atom stereocenters. The molecule has 26 heavy (non-hydrogen) atoms. The molecule has 2 aromatic rings. The Morgan fingerprint density at radius 1 is 1.12 bits per heavy atom. The Kier molecular flexibility index (Phi) is 3.68. The lowest BCUT2D eigenvalue weighted by Gasteiger charge is -2.20. The fourth-order valence-electron chi connectivity index (χ4n) is 4.16. The molecule has 1 aromatic carbocycles. The molecule has 1 amide bonds. The molecule has 2 aliphatic carbocycles. The Balaban J connectivity index is 1.88. The van der Waals surface area contributed by atoms with E-state index in [0.717, 1.165) is 36.6 Å². The maximum Gasteiger partial charge on any atom is 0.272 e. The van der Waals surface area contributed by atoms with Gasteiger partial charge in [-0.05, 0) is 46.0 Å². The lowest BCUT2D eigenvalue weighted by molar-refractivity contribution is 0.0912. The summed E-state index contributed by atoms with van der Waals surface area (Å²) in [4.78, 5) is 12.7. The molecule has 4 rings (SSSR count). The maximum atomic E-state index is 14.3. The first kappa shape index (κ1) is 17.1. The highest BCUT2D eigenvalue weighted by Crippen LogP contribution is 2.54. The van der Waals surface area contributed by atoms with Crippen molar-refractivity contribution in [3.63, 3.8) is 0 Å². The second-order valence-corrected chi connectivity index (χ2v) is 8.19. The molecule has 1 fully saturated rings. The second kappa shape index (κ2) is 5.59. The number of rotatable bonds is 2. The largest absolute Gasteiger partial charge is 0.346 e. The molecular formula is C19H20F3N3O. The number of amides is 1. The SMILES string of the molecule is CC(C)(C)NC(=O)c1nn(-c2cc(F)c(F)cc2F)c2c1C1CCC2C1. The number of halogens is 3. The smallest absolute Gasteiger partial charge is 0.272 e. The fraction of sp³-hybridized carbons (Fsp3) is 0.474. The molecule has 138 valence electrons. The van der Waals surface area contributed by atoms with Gasteiger partial charge in [-0.15, -0.1) is 0 Å². The summed E-state index contributed by atoms with van der Waals surface area (Å²) < 4.78 is 42.7. The molecule has 1 saturated carbocycles. The summed E-state index contributed by atoms with van der Waals surface area (Å²) in [5.41, 5.74) is 1.23. The first-order valence-corrected chi connectivity index (χ1v) is 8.76. The van der Waals surface area contributed by atoms with Gasteiger partial charge in [0.05, 0.1) is 5.69 Å². The van der Waals surface area contributed by atoms with Crippen LogP contribution in [0.15, 0.2) is 12.1 Å². The second-order valence-electron chi connectivity index (χ2n) is 8.19. The van der Waals surface area contributed by atoms with Crippen molar-refractivity contribution in [2.75, 3.05) is 0 Å². The molecule has 2 unspecified atom stereocenters. The molecule has 0 saturated heterocycles. The van der Waals surface area contributed by atoms with Crippen LogP contribution in [0, 0.1) is 17.5 Å². The minimum absolute atomic E-state index is 0.159. The number of nitrogens with one attached hydrogen (secondary N) is 1. The Morgan fingerprint density at radius 2 is 1.77 bits per heavy atom. The van der Waals surface area contributed by atoms with E-state index in [1.807, 2.05) is 20.8 Å². The minimum atomic E-state index is -1.25. The quantitative estimate of drug-likeness (QED) is 0.814. The average molecular weight is 363 g/mol. The van der Waals surface area contributed by atoms with Gasteiger partial charge in [0.15, 0.2) is 23.1 Å². The van der Waals surface area contributed by atoms with Crippen LogP contribution < -0.4 is 5.32 Å². The fourth-order valence-corrected chi connectivity index (χ4v) is 4.16. The average Bonchev–Trinajstić information content (AvgIpc) is 3.20. The van der Waals surface area contributed by atoms with Gasteiger partial charge in [-0.2, -0.15) is 5.10 Å². The van der Waals surface area contributed by atoms with Crippen molar-refractivity contribution < 1.29 is 18.0 Å². The van der Waals surface area contributed by atoms with Crippen molar-refractivity contribution in [1.29, 1.82) is 0 Å². The highest BCUT2D eigenvalue weighted by Gasteiger charge is 2.44. The van der Waals surface area contributed by atoms with Crippen LogP contribution in [-0.2, 0) is 0 Å². The van der Waals surface area contributed by atoms with E-state index >= 15 is 0 Å². The van der Waals surface area contributed by atoms with Crippen molar-refractivity contribution >= 4 is 5.91 Å². The van der Waals surface area contributed by atoms with Crippen LogP contribution in [0.4, 0.5) is 13.2 Å². The Hall–Kier alpha value is -2.31. The molecule has 1 heterocycles. The molecule has 7 heteroatoms. The molecule has 1 aromatic heterocycles. The zero-order chi connectivity index (χ0) is 18.8. The zero-order valence-corrected chi connectivity index (χ0v) is 14.9. The maximum absolute atomic E-state index is 14.3. The van der Waals surface area contributed by atoms with Crippen molar-refractivity contribution in [1.82, 2.24) is 15.1 Å². The third kappa shape index (κ3) is 2.61. The molecular weight excluding hydrogens is 343 g/mol. The summed E-state index contributed by atoms with van der Waals surface area (Å²) in [5.74, 6) is -3.26. The number of aromatic nitrogens is 2. The standard InChI is InChI=1S/C19H20F3N3O/c1-19(2,3)23-18(26)16-15-9-4-5-10(6-9)17(15)25(24-16)14-8-12(21)11(20)7-13(14)22/h7-10H,4-6H2,1-3H3,(H,23,26). The molecule has 0 radical (unpaired) electrons. The van der Waals surface area contributed by atoms with Crippen molar-refractivity contribution in [2.24, 2.45) is 0 Å². The summed E-state index contributed by atoms with van der Waals surface area (Å²) in [6.45, 7) is 5.59. The number of hydrogen-bond donors (Lipinski definition) is 1. The Bertz CT molecular complexity index is 914. The van der Waals surface area contributed by atoms with Crippen molar-refractivity contribution in [3.8, 4) is 5.69 Å². The third-order valence-electron chi connectivity index (χ3n) is 5.11. The summed E-state index contributed by atoms with van der Waals surface area (Å²) >= 11 is 0. The summed E-state index contributed by atoms with van der Waals surface area (Å²) in [5, 5.41) is 7.22. The summed E-state index contributed by atoms with van der Waals surface area (Å²) in [6, 6.07) is 1.32. The Labute approximate surface area is 149 Å². The lowest BCUT2D eigenvalue weighted by atomic mass is 9.94. The van der Waals surface area contributed by atoms with Crippen LogP contribution in [0.3, 0.4) is 0 Å². The molecule has 0 spiro atoms. The van der Waals surface area contributed by atoms with Gasteiger partial charge in [-0.25, -0.2) is 17.9 Å². The van der Waals surface area contributed by atoms with Gasteiger partial charge in [0.2, 0.25) is 0 Å². The van der Waals surface area contributed by atoms with Crippen LogP contribution in [0.25, 0.3) is 5.69 Å². The number of nitrogens with zero attached hydrogens (tertiary/aromatic N) is 2. The van der Waals surface area contributed by atoms with Gasteiger partial charge in [0.1, 0.15) is 5.69 Å². The van der Waals surface area contributed by atoms with E-state index in [-0.39, 0.29) is 29.1 Å². The first-order chi connectivity index (χ1) is 12.2. The van der Waals surface area contributed by atoms with E-state index in [2.05, 4.69) is 10.4 Å². The van der Waals surface area contributed by atoms with E-state index in [0.29, 0.717) is 6.07 Å². The number of hydrogen-bond acceptors (Lipinski definition) is 2. The topological polar surface area (TPSA) is 46.9 Å². The monoisotopic (exact) mass is 363 g/mol. The van der Waals surface area contributed by atoms with E-state index in [9.17, 15) is 18.0 Å². The van der Waals surface area contributed by atoms with Crippen LogP contribution in [0.1, 0.15) is 73.6 Å². The molecule has 2 aliphatic rings. The first-order valence-electron chi connectivity index (χ1n) is 8.76. The van der Waals surface area contributed by atoms with Gasteiger partial charge >= 0.3 is 0 Å². The molecule has 1 N–H and O–H groups in total. The minimum Gasteiger partial charge on any atom is -0.346 e. The van der Waals surface area contributed by atoms with Gasteiger partial charge in [0, 0.05) is 29.2 Å². The van der Waals surface area contributed by atoms with E-state index in [1.165, 1.54) is 4.68 Å². The number of carbonyl (C=O) groups excluding carboxylic acids is 1. The van der Waals surface area contributed by atoms with E-state index in [4.69, 9.17) is 0 Å². The number of benzene rings is 1. The van der Waals surface area contributed by atoms with Crippen molar-refractivity contribution in [2.45, 2.75) is 57.4 Å². The summed E-state index contributed by atoms with van der Waals surface area (Å²) in [7, 11) is 0. The number of carbonyl (C=O) groups is 1. The molecule has 2 bridgehead atoms. The zero-order valence-electron chi connectivity index (χ0n) is 14.9. The Morgan fingerprint density at radius 3 is 2.46 bits per heavy atom. The van der Waals surface area contributed by atoms with Crippen LogP contribution in [0.2, 0.25) is 0 Å². The molecule has 4 nitrogen and oxygen atoms in total. The van der Waals surface area contributed by atoms with E-state index < -0.39 is 23.0 Å². The lowest BCUT2D eigenvalue weighted by Crippen LogP contribution is -2.41. The highest BCUT2D eigenvalue weighted by molar-refractivity contribution is 5.95. The predicted octanol–water partition coefficient (Wildman–Crippen LogP) is 4.18. The number of fused-ring (bicyclic) bond motifs is 5. The van der Waals surface area contributed by atoms with Gasteiger partial charge in [-0.3, -0.25) is 4.79 Å². The summed E-state index contributed by atoms with van der Waals surface area (Å²) in [6.07, 6.45) is 2.77. The van der Waals surface area contributed by atoms with Crippen LogP contribution >= 0.6 is 0 Å². The van der Waals surface area contributed by atoms with Crippen molar-refractivity contribution in [3.05, 3.63) is 46.5 Å². The van der Waals surface area contributed by atoms with Gasteiger partial charge in [0.25, 0.3) is 5.91 Å². The van der Waals surface area contributed by atoms with Gasteiger partial charge < -0.3 is 5.32 Å². The molecule has 0 aliphatic heterocycles.